The van der Waals surface area contributed by atoms with E-state index in [0.29, 0.717) is 0 Å². The number of Topliss-reactive ketones (excluding diaryl/α,β-unsaturated/α-hetero) is 1. The smallest absolute Gasteiger partial charge is 0.141 e. The maximum Gasteiger partial charge on any atom is 0.141 e. The van der Waals surface area contributed by atoms with Gasteiger partial charge >= 0.3 is 0 Å². The van der Waals surface area contributed by atoms with Gasteiger partial charge in [-0.15, -0.1) is 0 Å². The Kier molecular flexibility index (Phi) is 1.86. The largest absolute Gasteiger partial charge is 0.299 e. The van der Waals surface area contributed by atoms with Crippen LogP contribution in [0, 0.1) is 5.92 Å². The van der Waals surface area contributed by atoms with E-state index >= 15 is 0 Å². The quantitative estimate of drug-likeness (QED) is 0.535. The van der Waals surface area contributed by atoms with Gasteiger partial charge in [0.25, 0.3) is 0 Å². The summed E-state index contributed by atoms with van der Waals surface area (Å²) in [6.07, 6.45) is 7.50. The fourth-order valence-corrected chi connectivity index (χ4v) is 0.978. The summed E-state index contributed by atoms with van der Waals surface area (Å²) >= 11 is 0. The van der Waals surface area contributed by atoms with Crippen LogP contribution in [0.5, 0.6) is 0 Å². The van der Waals surface area contributed by atoms with Crippen LogP contribution in [0.1, 0.15) is 6.92 Å². The van der Waals surface area contributed by atoms with Gasteiger partial charge in [0.2, 0.25) is 0 Å². The number of ketones is 1. The molecule has 0 saturated carbocycles. The van der Waals surface area contributed by atoms with Crippen LogP contribution in [0.2, 0.25) is 0 Å². The summed E-state index contributed by atoms with van der Waals surface area (Å²) in [7, 11) is 0. The predicted molar refractivity (Wildman–Crippen MR) is 41.6 cm³/mol. The lowest BCUT2D eigenvalue weighted by Crippen LogP contribution is -2.10. The molecule has 52 valence electrons. The molecule has 0 N–H and O–H groups in total. The normalized spacial score (nSPS) is 23.3. The topological polar surface area (TPSA) is 17.1 Å². The van der Waals surface area contributed by atoms with E-state index in [0.717, 1.165) is 5.57 Å². The van der Waals surface area contributed by atoms with Crippen LogP contribution in [0.15, 0.2) is 36.5 Å². The van der Waals surface area contributed by atoms with Crippen LogP contribution in [-0.2, 0) is 4.79 Å². The third kappa shape index (κ3) is 1.24. The molecule has 0 aliphatic heterocycles. The summed E-state index contributed by atoms with van der Waals surface area (Å²) in [4.78, 5) is 10.9. The maximum atomic E-state index is 10.9. The molecule has 1 nitrogen and oxygen atoms in total. The van der Waals surface area contributed by atoms with Gasteiger partial charge in [-0.2, -0.15) is 0 Å². The highest BCUT2D eigenvalue weighted by atomic mass is 16.1. The van der Waals surface area contributed by atoms with Crippen molar-refractivity contribution in [2.24, 2.45) is 5.92 Å². The second kappa shape index (κ2) is 2.65. The van der Waals surface area contributed by atoms with E-state index in [1.165, 1.54) is 0 Å². The average Bonchev–Trinajstić information content (AvgIpc) is 1.88. The molecule has 1 heteroatoms. The average molecular weight is 134 g/mol. The second-order valence-corrected chi connectivity index (χ2v) is 2.41. The van der Waals surface area contributed by atoms with Gasteiger partial charge in [0, 0.05) is 0 Å². The molecular formula is C9H10O. The zero-order valence-electron chi connectivity index (χ0n) is 6.00. The van der Waals surface area contributed by atoms with E-state index in [-0.39, 0.29) is 11.7 Å². The summed E-state index contributed by atoms with van der Waals surface area (Å²) in [5, 5.41) is 0. The monoisotopic (exact) mass is 134 g/mol. The van der Waals surface area contributed by atoms with Crippen molar-refractivity contribution in [3.63, 3.8) is 0 Å². The van der Waals surface area contributed by atoms with E-state index < -0.39 is 0 Å². The molecule has 0 aromatic rings. The van der Waals surface area contributed by atoms with Crippen molar-refractivity contribution in [1.29, 1.82) is 0 Å². The minimum atomic E-state index is -0.0787. The zero-order valence-corrected chi connectivity index (χ0v) is 6.00. The lowest BCUT2D eigenvalue weighted by Gasteiger charge is -2.10. The zero-order chi connectivity index (χ0) is 7.56. The molecule has 0 amide bonds. The molecule has 0 aromatic carbocycles. The number of hydrogen-bond donors (Lipinski definition) is 0. The predicted octanol–water partition coefficient (Wildman–Crippen LogP) is 1.87. The van der Waals surface area contributed by atoms with E-state index in [9.17, 15) is 4.79 Å². The summed E-state index contributed by atoms with van der Waals surface area (Å²) in [6.45, 7) is 5.34. The maximum absolute atomic E-state index is 10.9. The first-order chi connectivity index (χ1) is 4.72. The molecule has 1 unspecified atom stereocenters. The highest BCUT2D eigenvalue weighted by Gasteiger charge is 2.13. The summed E-state index contributed by atoms with van der Waals surface area (Å²) < 4.78 is 0. The highest BCUT2D eigenvalue weighted by molar-refractivity contribution is 5.84. The molecule has 0 heterocycles. The van der Waals surface area contributed by atoms with Gasteiger partial charge in [0.1, 0.15) is 5.78 Å². The first-order valence-electron chi connectivity index (χ1n) is 3.26. The standard InChI is InChI=1S/C9H10O/c1-7-5-3-4-6-9(7)8(2)10/h3-6,9H,1H2,2H3. The van der Waals surface area contributed by atoms with E-state index in [1.807, 2.05) is 24.3 Å². The minimum Gasteiger partial charge on any atom is -0.299 e. The highest BCUT2D eigenvalue weighted by Crippen LogP contribution is 2.16. The fraction of sp³-hybridized carbons (Fsp3) is 0.222. The van der Waals surface area contributed by atoms with Crippen molar-refractivity contribution in [3.05, 3.63) is 36.5 Å². The Hall–Kier alpha value is -1.11. The molecular weight excluding hydrogens is 124 g/mol. The summed E-state index contributed by atoms with van der Waals surface area (Å²) in [5.74, 6) is 0.0793. The number of carbonyl (C=O) groups excluding carboxylic acids is 1. The van der Waals surface area contributed by atoms with E-state index in [1.54, 1.807) is 6.92 Å². The lowest BCUT2D eigenvalue weighted by molar-refractivity contribution is -0.118. The molecule has 1 aliphatic carbocycles. The van der Waals surface area contributed by atoms with Gasteiger partial charge in [0.15, 0.2) is 0 Å². The SMILES string of the molecule is C=C1C=CC=CC1C(C)=O. The van der Waals surface area contributed by atoms with Crippen LogP contribution in [0.3, 0.4) is 0 Å². The molecule has 0 radical (unpaired) electrons. The third-order valence-corrected chi connectivity index (χ3v) is 1.56. The summed E-state index contributed by atoms with van der Waals surface area (Å²) in [5.41, 5.74) is 0.884. The number of hydrogen-bond acceptors (Lipinski definition) is 1. The molecule has 1 atom stereocenters. The van der Waals surface area contributed by atoms with E-state index in [4.69, 9.17) is 0 Å². The number of rotatable bonds is 1. The third-order valence-electron chi connectivity index (χ3n) is 1.56. The van der Waals surface area contributed by atoms with Gasteiger partial charge < -0.3 is 0 Å². The number of allylic oxidation sites excluding steroid dienone is 5. The Morgan fingerprint density at radius 3 is 2.70 bits per heavy atom. The van der Waals surface area contributed by atoms with Crippen LogP contribution >= 0.6 is 0 Å². The van der Waals surface area contributed by atoms with Gasteiger partial charge in [0.05, 0.1) is 5.92 Å². The van der Waals surface area contributed by atoms with E-state index in [2.05, 4.69) is 6.58 Å². The summed E-state index contributed by atoms with van der Waals surface area (Å²) in [6, 6.07) is 0. The number of carbonyl (C=O) groups is 1. The van der Waals surface area contributed by atoms with Crippen molar-refractivity contribution in [3.8, 4) is 0 Å². The minimum absolute atomic E-state index is 0.0787. The Balaban J connectivity index is 2.80. The lowest BCUT2D eigenvalue weighted by atomic mass is 9.93. The fourth-order valence-electron chi connectivity index (χ4n) is 0.978. The van der Waals surface area contributed by atoms with Gasteiger partial charge in [-0.1, -0.05) is 30.9 Å². The molecule has 1 rings (SSSR count). The molecule has 0 saturated heterocycles. The molecule has 0 spiro atoms. The Morgan fingerprint density at radius 1 is 1.60 bits per heavy atom. The van der Waals surface area contributed by atoms with Crippen LogP contribution in [0.4, 0.5) is 0 Å². The van der Waals surface area contributed by atoms with Gasteiger partial charge in [-0.25, -0.2) is 0 Å². The van der Waals surface area contributed by atoms with Gasteiger partial charge in [-0.3, -0.25) is 4.79 Å². The van der Waals surface area contributed by atoms with Crippen LogP contribution in [0.25, 0.3) is 0 Å². The molecule has 0 bridgehead atoms. The van der Waals surface area contributed by atoms with Crippen LogP contribution < -0.4 is 0 Å². The van der Waals surface area contributed by atoms with Crippen molar-refractivity contribution >= 4 is 5.78 Å². The molecule has 0 fully saturated rings. The van der Waals surface area contributed by atoms with Crippen molar-refractivity contribution in [2.45, 2.75) is 6.92 Å². The second-order valence-electron chi connectivity index (χ2n) is 2.41. The first-order valence-corrected chi connectivity index (χ1v) is 3.26. The Bertz CT molecular complexity index is 221. The van der Waals surface area contributed by atoms with Crippen molar-refractivity contribution < 1.29 is 4.79 Å². The Labute approximate surface area is 60.7 Å². The molecule has 10 heavy (non-hydrogen) atoms. The van der Waals surface area contributed by atoms with Crippen molar-refractivity contribution in [1.82, 2.24) is 0 Å². The Morgan fingerprint density at radius 2 is 2.30 bits per heavy atom. The molecule has 1 aliphatic rings. The van der Waals surface area contributed by atoms with Gasteiger partial charge in [-0.05, 0) is 12.5 Å². The molecule has 0 aromatic heterocycles. The van der Waals surface area contributed by atoms with Crippen LogP contribution in [-0.4, -0.2) is 5.78 Å². The first kappa shape index (κ1) is 7.00. The van der Waals surface area contributed by atoms with Crippen molar-refractivity contribution in [2.75, 3.05) is 0 Å².